The molecule has 8 heteroatoms. The maximum absolute atomic E-state index is 13.2. The van der Waals surface area contributed by atoms with Crippen LogP contribution in [0.4, 0.5) is 5.69 Å². The van der Waals surface area contributed by atoms with Crippen LogP contribution < -0.4 is 15.6 Å². The van der Waals surface area contributed by atoms with Crippen molar-refractivity contribution in [2.45, 2.75) is 32.4 Å². The van der Waals surface area contributed by atoms with Crippen LogP contribution in [0, 0.1) is 6.92 Å². The van der Waals surface area contributed by atoms with Gasteiger partial charge in [0.05, 0.1) is 37.4 Å². The maximum atomic E-state index is 13.2. The van der Waals surface area contributed by atoms with Gasteiger partial charge in [-0.15, -0.1) is 0 Å². The molecule has 1 N–H and O–H groups in total. The van der Waals surface area contributed by atoms with E-state index in [2.05, 4.69) is 10.3 Å². The van der Waals surface area contributed by atoms with Crippen molar-refractivity contribution < 1.29 is 14.3 Å². The van der Waals surface area contributed by atoms with Gasteiger partial charge in [0, 0.05) is 19.2 Å². The van der Waals surface area contributed by atoms with Gasteiger partial charge in [0.15, 0.2) is 0 Å². The Labute approximate surface area is 155 Å². The summed E-state index contributed by atoms with van der Waals surface area (Å²) in [5.41, 5.74) is 2.40. The first-order valence-electron chi connectivity index (χ1n) is 8.71. The predicted octanol–water partition coefficient (Wildman–Crippen LogP) is 1.07. The second-order valence-corrected chi connectivity index (χ2v) is 6.90. The fourth-order valence-corrected chi connectivity index (χ4v) is 3.69. The van der Waals surface area contributed by atoms with Crippen molar-refractivity contribution in [2.24, 2.45) is 7.05 Å². The van der Waals surface area contributed by atoms with Crippen LogP contribution in [0.1, 0.15) is 35.0 Å². The molecule has 0 radical (unpaired) electrons. The van der Waals surface area contributed by atoms with Crippen LogP contribution in [0.2, 0.25) is 0 Å². The highest BCUT2D eigenvalue weighted by molar-refractivity contribution is 6.01. The van der Waals surface area contributed by atoms with Crippen LogP contribution in [0.25, 0.3) is 0 Å². The summed E-state index contributed by atoms with van der Waals surface area (Å²) >= 11 is 0. The fourth-order valence-electron chi connectivity index (χ4n) is 3.69. The van der Waals surface area contributed by atoms with Crippen molar-refractivity contribution in [1.29, 1.82) is 0 Å². The van der Waals surface area contributed by atoms with Gasteiger partial charge in [-0.05, 0) is 30.7 Å². The normalized spacial score (nSPS) is 18.0. The Morgan fingerprint density at radius 1 is 1.30 bits per heavy atom. The molecule has 2 aliphatic heterocycles. The van der Waals surface area contributed by atoms with Gasteiger partial charge in [0.2, 0.25) is 11.8 Å². The Morgan fingerprint density at radius 3 is 2.81 bits per heavy atom. The molecule has 2 amide bonds. The molecule has 0 unspecified atom stereocenters. The highest BCUT2D eigenvalue weighted by atomic mass is 16.5. The van der Waals surface area contributed by atoms with Crippen LogP contribution in [0.5, 0.6) is 5.75 Å². The van der Waals surface area contributed by atoms with Crippen molar-refractivity contribution >= 4 is 17.5 Å². The van der Waals surface area contributed by atoms with E-state index in [0.29, 0.717) is 28.5 Å². The fraction of sp³-hybridized carbons (Fsp3) is 0.368. The van der Waals surface area contributed by atoms with Gasteiger partial charge >= 0.3 is 0 Å². The number of hydrogen-bond acceptors (Lipinski definition) is 5. The summed E-state index contributed by atoms with van der Waals surface area (Å²) in [5, 5.41) is 2.80. The number of ether oxygens (including phenoxy) is 1. The standard InChI is InChI=1S/C19H20N4O4/c1-10-20-16-9-23(8-14(16)18(25)22(10)2)19(26)13-7-17(24)21-15-5-4-11(27-3)6-12(13)15/h4-6,13H,7-9H2,1-3H3,(H,21,24)/t13-/m0/s1. The number of nitrogens with zero attached hydrogens (tertiary/aromatic N) is 3. The van der Waals surface area contributed by atoms with Crippen LogP contribution in [-0.4, -0.2) is 33.4 Å². The molecule has 2 aliphatic rings. The number of benzene rings is 1. The molecule has 0 fully saturated rings. The molecule has 0 spiro atoms. The minimum Gasteiger partial charge on any atom is -0.497 e. The molecule has 8 nitrogen and oxygen atoms in total. The number of methoxy groups -OCH3 is 1. The first-order chi connectivity index (χ1) is 12.9. The van der Waals surface area contributed by atoms with Crippen molar-refractivity contribution in [3.8, 4) is 5.75 Å². The van der Waals surface area contributed by atoms with E-state index in [1.165, 1.54) is 4.57 Å². The van der Waals surface area contributed by atoms with E-state index >= 15 is 0 Å². The maximum Gasteiger partial charge on any atom is 0.258 e. The molecule has 1 atom stereocenters. The summed E-state index contributed by atoms with van der Waals surface area (Å²) < 4.78 is 6.75. The Bertz CT molecular complexity index is 1030. The van der Waals surface area contributed by atoms with Gasteiger partial charge in [0.1, 0.15) is 11.6 Å². The molecule has 0 aliphatic carbocycles. The lowest BCUT2D eigenvalue weighted by atomic mass is 9.89. The van der Waals surface area contributed by atoms with E-state index in [1.807, 2.05) is 0 Å². The Morgan fingerprint density at radius 2 is 2.07 bits per heavy atom. The van der Waals surface area contributed by atoms with Crippen LogP contribution >= 0.6 is 0 Å². The molecule has 0 saturated heterocycles. The van der Waals surface area contributed by atoms with Gasteiger partial charge in [-0.25, -0.2) is 4.98 Å². The first kappa shape index (κ1) is 17.3. The second kappa shape index (κ2) is 6.22. The summed E-state index contributed by atoms with van der Waals surface area (Å²) in [6.45, 7) is 2.26. The zero-order chi connectivity index (χ0) is 19.3. The number of fused-ring (bicyclic) bond motifs is 2. The molecule has 1 aromatic heterocycles. The van der Waals surface area contributed by atoms with Crippen molar-refractivity contribution in [1.82, 2.24) is 14.5 Å². The average molecular weight is 368 g/mol. The SMILES string of the molecule is COc1ccc2c(c1)[C@@H](C(=O)N1Cc3nc(C)n(C)c(=O)c3C1)CC(=O)N2. The molecular formula is C19H20N4O4. The number of carbonyl (C=O) groups excluding carboxylic acids is 2. The molecule has 3 heterocycles. The van der Waals surface area contributed by atoms with E-state index in [0.717, 1.165) is 5.56 Å². The lowest BCUT2D eigenvalue weighted by Crippen LogP contribution is -2.36. The van der Waals surface area contributed by atoms with E-state index in [9.17, 15) is 14.4 Å². The third kappa shape index (κ3) is 2.77. The second-order valence-electron chi connectivity index (χ2n) is 6.90. The number of nitrogens with one attached hydrogen (secondary N) is 1. The van der Waals surface area contributed by atoms with Crippen LogP contribution in [0.15, 0.2) is 23.0 Å². The highest BCUT2D eigenvalue weighted by Crippen LogP contribution is 2.37. The van der Waals surface area contributed by atoms with Gasteiger partial charge in [-0.3, -0.25) is 19.0 Å². The minimum absolute atomic E-state index is 0.0658. The summed E-state index contributed by atoms with van der Waals surface area (Å²) in [6, 6.07) is 5.26. The van der Waals surface area contributed by atoms with Crippen LogP contribution in [-0.2, 0) is 29.7 Å². The molecule has 140 valence electrons. The zero-order valence-electron chi connectivity index (χ0n) is 15.4. The number of amides is 2. The minimum atomic E-state index is -0.608. The van der Waals surface area contributed by atoms with Gasteiger partial charge in [0.25, 0.3) is 5.56 Å². The largest absolute Gasteiger partial charge is 0.497 e. The molecular weight excluding hydrogens is 348 g/mol. The van der Waals surface area contributed by atoms with E-state index in [1.54, 1.807) is 44.2 Å². The van der Waals surface area contributed by atoms with E-state index in [-0.39, 0.29) is 36.9 Å². The lowest BCUT2D eigenvalue weighted by Gasteiger charge is -2.28. The third-order valence-corrected chi connectivity index (χ3v) is 5.29. The Balaban J connectivity index is 1.68. The van der Waals surface area contributed by atoms with Gasteiger partial charge < -0.3 is 15.0 Å². The molecule has 4 rings (SSSR count). The summed E-state index contributed by atoms with van der Waals surface area (Å²) in [4.78, 5) is 43.8. The highest BCUT2D eigenvalue weighted by Gasteiger charge is 2.37. The van der Waals surface area contributed by atoms with Crippen LogP contribution in [0.3, 0.4) is 0 Å². The summed E-state index contributed by atoms with van der Waals surface area (Å²) in [5.74, 6) is 0.242. The molecule has 27 heavy (non-hydrogen) atoms. The van der Waals surface area contributed by atoms with Crippen molar-refractivity contribution in [2.75, 3.05) is 12.4 Å². The zero-order valence-corrected chi connectivity index (χ0v) is 15.4. The Hall–Kier alpha value is -3.16. The number of aromatic nitrogens is 2. The quantitative estimate of drug-likeness (QED) is 0.856. The summed E-state index contributed by atoms with van der Waals surface area (Å²) in [6.07, 6.45) is 0.0658. The number of hydrogen-bond donors (Lipinski definition) is 1. The monoisotopic (exact) mass is 368 g/mol. The average Bonchev–Trinajstić information content (AvgIpc) is 3.08. The number of carbonyl (C=O) groups is 2. The molecule has 0 bridgehead atoms. The van der Waals surface area contributed by atoms with Crippen molar-refractivity contribution in [3.63, 3.8) is 0 Å². The number of aryl methyl sites for hydroxylation is 1. The molecule has 0 saturated carbocycles. The van der Waals surface area contributed by atoms with E-state index < -0.39 is 5.92 Å². The lowest BCUT2D eigenvalue weighted by molar-refractivity contribution is -0.135. The number of rotatable bonds is 2. The molecule has 1 aromatic carbocycles. The molecule has 2 aromatic rings. The smallest absolute Gasteiger partial charge is 0.258 e. The topological polar surface area (TPSA) is 93.5 Å². The Kier molecular flexibility index (Phi) is 3.98. The third-order valence-electron chi connectivity index (χ3n) is 5.29. The van der Waals surface area contributed by atoms with Crippen molar-refractivity contribution in [3.05, 3.63) is 51.2 Å². The summed E-state index contributed by atoms with van der Waals surface area (Å²) in [7, 11) is 3.23. The van der Waals surface area contributed by atoms with Gasteiger partial charge in [-0.1, -0.05) is 0 Å². The predicted molar refractivity (Wildman–Crippen MR) is 97.5 cm³/mol. The van der Waals surface area contributed by atoms with E-state index in [4.69, 9.17) is 4.74 Å². The first-order valence-corrected chi connectivity index (χ1v) is 8.71. The number of anilines is 1. The van der Waals surface area contributed by atoms with Gasteiger partial charge in [-0.2, -0.15) is 0 Å².